The van der Waals surface area contributed by atoms with Gasteiger partial charge in [-0.2, -0.15) is 13.2 Å². The lowest BCUT2D eigenvalue weighted by Crippen LogP contribution is -2.21. The molecule has 0 amide bonds. The highest BCUT2D eigenvalue weighted by atomic mass is 19.4. The van der Waals surface area contributed by atoms with Crippen LogP contribution >= 0.6 is 0 Å². The highest BCUT2D eigenvalue weighted by Gasteiger charge is 2.38. The molecule has 16 heavy (non-hydrogen) atoms. The first-order valence-electron chi connectivity index (χ1n) is 3.90. The molecule has 1 rings (SSSR count). The molecule has 7 heteroatoms. The van der Waals surface area contributed by atoms with Gasteiger partial charge in [-0.25, -0.2) is 4.79 Å². The van der Waals surface area contributed by atoms with Crippen LogP contribution in [0.15, 0.2) is 24.3 Å². The first-order chi connectivity index (χ1) is 7.27. The van der Waals surface area contributed by atoms with Gasteiger partial charge in [0.05, 0.1) is 7.11 Å². The Hall–Kier alpha value is -1.92. The number of carboxylic acid groups (broad SMARTS) is 1. The van der Waals surface area contributed by atoms with E-state index in [0.717, 1.165) is 0 Å². The number of halogens is 3. The second kappa shape index (κ2) is 5.84. The molecule has 0 heterocycles. The van der Waals surface area contributed by atoms with Gasteiger partial charge >= 0.3 is 12.1 Å². The van der Waals surface area contributed by atoms with Crippen molar-refractivity contribution in [3.8, 4) is 11.5 Å². The van der Waals surface area contributed by atoms with Crippen LogP contribution < -0.4 is 4.74 Å². The zero-order chi connectivity index (χ0) is 12.8. The Morgan fingerprint density at radius 2 is 1.88 bits per heavy atom. The maximum absolute atomic E-state index is 10.6. The van der Waals surface area contributed by atoms with Crippen LogP contribution in [0.2, 0.25) is 0 Å². The number of hydrogen-bond donors (Lipinski definition) is 2. The van der Waals surface area contributed by atoms with Crippen LogP contribution in [0, 0.1) is 0 Å². The molecule has 2 N–H and O–H groups in total. The van der Waals surface area contributed by atoms with Gasteiger partial charge in [0.2, 0.25) is 0 Å². The molecule has 0 radical (unpaired) electrons. The third-order valence-corrected chi connectivity index (χ3v) is 1.30. The molecule has 1 aromatic carbocycles. The predicted molar refractivity (Wildman–Crippen MR) is 48.3 cm³/mol. The molecule has 1 aromatic rings. The molecule has 0 saturated carbocycles. The highest BCUT2D eigenvalue weighted by Crippen LogP contribution is 2.16. The summed E-state index contributed by atoms with van der Waals surface area (Å²) in [6.07, 6.45) is -5.08. The smallest absolute Gasteiger partial charge is 0.490 e. The average molecular weight is 238 g/mol. The van der Waals surface area contributed by atoms with Crippen molar-refractivity contribution in [2.24, 2.45) is 0 Å². The number of carboxylic acids is 1. The summed E-state index contributed by atoms with van der Waals surface area (Å²) in [5.41, 5.74) is 0. The number of carbonyl (C=O) groups is 1. The van der Waals surface area contributed by atoms with Gasteiger partial charge in [0, 0.05) is 6.07 Å². The Balaban J connectivity index is 0.000000293. The minimum atomic E-state index is -5.08. The maximum atomic E-state index is 10.6. The minimum absolute atomic E-state index is 0.231. The lowest BCUT2D eigenvalue weighted by molar-refractivity contribution is -0.192. The van der Waals surface area contributed by atoms with Gasteiger partial charge in [0.25, 0.3) is 0 Å². The third-order valence-electron chi connectivity index (χ3n) is 1.30. The van der Waals surface area contributed by atoms with E-state index in [2.05, 4.69) is 0 Å². The lowest BCUT2D eigenvalue weighted by Gasteiger charge is -1.97. The van der Waals surface area contributed by atoms with E-state index in [1.807, 2.05) is 0 Å². The third kappa shape index (κ3) is 5.74. The Kier molecular flexibility index (Phi) is 5.14. The summed E-state index contributed by atoms with van der Waals surface area (Å²) in [6.45, 7) is 0. The number of methoxy groups -OCH3 is 1. The molecule has 0 bridgehead atoms. The molecule has 0 atom stereocenters. The average Bonchev–Trinajstić information content (AvgIpc) is 2.17. The minimum Gasteiger partial charge on any atom is -0.508 e. The molecule has 0 unspecified atom stereocenters. The summed E-state index contributed by atoms with van der Waals surface area (Å²) in [5.74, 6) is -1.85. The first kappa shape index (κ1) is 14.1. The monoisotopic (exact) mass is 238 g/mol. The fourth-order valence-electron chi connectivity index (χ4n) is 0.610. The summed E-state index contributed by atoms with van der Waals surface area (Å²) in [6, 6.07) is 6.66. The van der Waals surface area contributed by atoms with Gasteiger partial charge in [0.15, 0.2) is 0 Å². The number of hydrogen-bond acceptors (Lipinski definition) is 3. The van der Waals surface area contributed by atoms with Gasteiger partial charge in [-0.05, 0) is 12.1 Å². The standard InChI is InChI=1S/C7H8O2.C2HF3O2/c1-9-7-4-2-3-6(8)5-7;3-2(4,5)1(6)7/h2-5,8H,1H3;(H,6,7). The number of alkyl halides is 3. The first-order valence-corrected chi connectivity index (χ1v) is 3.90. The van der Waals surface area contributed by atoms with E-state index in [-0.39, 0.29) is 5.75 Å². The van der Waals surface area contributed by atoms with Crippen LogP contribution in [-0.4, -0.2) is 29.5 Å². The second-order valence-electron chi connectivity index (χ2n) is 2.50. The number of benzene rings is 1. The zero-order valence-corrected chi connectivity index (χ0v) is 8.15. The number of aliphatic carboxylic acids is 1. The van der Waals surface area contributed by atoms with Crippen LogP contribution in [0.1, 0.15) is 0 Å². The molecule has 0 aliphatic rings. The van der Waals surface area contributed by atoms with Crippen molar-refractivity contribution < 1.29 is 32.9 Å². The molecule has 0 aromatic heterocycles. The van der Waals surface area contributed by atoms with E-state index in [4.69, 9.17) is 19.7 Å². The summed E-state index contributed by atoms with van der Waals surface area (Å²) in [7, 11) is 1.56. The molecule has 0 saturated heterocycles. The number of rotatable bonds is 1. The predicted octanol–water partition coefficient (Wildman–Crippen LogP) is 2.03. The van der Waals surface area contributed by atoms with Crippen LogP contribution in [-0.2, 0) is 4.79 Å². The number of aromatic hydroxyl groups is 1. The number of ether oxygens (including phenoxy) is 1. The molecule has 0 spiro atoms. The molecule has 0 aliphatic carbocycles. The van der Waals surface area contributed by atoms with E-state index in [9.17, 15) is 13.2 Å². The van der Waals surface area contributed by atoms with Gasteiger partial charge < -0.3 is 14.9 Å². The van der Waals surface area contributed by atoms with Gasteiger partial charge in [0.1, 0.15) is 11.5 Å². The molecular formula is C9H9F3O4. The maximum Gasteiger partial charge on any atom is 0.490 e. The van der Waals surface area contributed by atoms with Crippen molar-refractivity contribution >= 4 is 5.97 Å². The quantitative estimate of drug-likeness (QED) is 0.785. The van der Waals surface area contributed by atoms with E-state index in [0.29, 0.717) is 5.75 Å². The fourth-order valence-corrected chi connectivity index (χ4v) is 0.610. The van der Waals surface area contributed by atoms with Crippen molar-refractivity contribution in [2.75, 3.05) is 7.11 Å². The van der Waals surface area contributed by atoms with E-state index in [1.165, 1.54) is 0 Å². The fraction of sp³-hybridized carbons (Fsp3) is 0.222. The van der Waals surface area contributed by atoms with Crippen LogP contribution in [0.4, 0.5) is 13.2 Å². The Morgan fingerprint density at radius 1 is 1.38 bits per heavy atom. The lowest BCUT2D eigenvalue weighted by atomic mass is 10.3. The molecule has 0 aliphatic heterocycles. The van der Waals surface area contributed by atoms with Gasteiger partial charge in [-0.15, -0.1) is 0 Å². The summed E-state index contributed by atoms with van der Waals surface area (Å²) in [5, 5.41) is 16.0. The molecule has 90 valence electrons. The van der Waals surface area contributed by atoms with E-state index in [1.54, 1.807) is 31.4 Å². The highest BCUT2D eigenvalue weighted by molar-refractivity contribution is 5.73. The number of phenols is 1. The van der Waals surface area contributed by atoms with Crippen molar-refractivity contribution in [1.82, 2.24) is 0 Å². The van der Waals surface area contributed by atoms with Crippen LogP contribution in [0.5, 0.6) is 11.5 Å². The molecule has 4 nitrogen and oxygen atoms in total. The SMILES string of the molecule is COc1cccc(O)c1.O=C(O)C(F)(F)F. The van der Waals surface area contributed by atoms with Crippen LogP contribution in [0.25, 0.3) is 0 Å². The van der Waals surface area contributed by atoms with Crippen molar-refractivity contribution in [3.05, 3.63) is 24.3 Å². The zero-order valence-electron chi connectivity index (χ0n) is 8.15. The van der Waals surface area contributed by atoms with Gasteiger partial charge in [-0.3, -0.25) is 0 Å². The molecule has 0 fully saturated rings. The second-order valence-corrected chi connectivity index (χ2v) is 2.50. The Morgan fingerprint density at radius 3 is 2.12 bits per heavy atom. The topological polar surface area (TPSA) is 66.8 Å². The normalized spacial score (nSPS) is 10.0. The van der Waals surface area contributed by atoms with Crippen LogP contribution in [0.3, 0.4) is 0 Å². The van der Waals surface area contributed by atoms with Crippen molar-refractivity contribution in [3.63, 3.8) is 0 Å². The van der Waals surface area contributed by atoms with Crippen molar-refractivity contribution in [1.29, 1.82) is 0 Å². The summed E-state index contributed by atoms with van der Waals surface area (Å²) in [4.78, 5) is 8.90. The Labute approximate surface area is 88.9 Å². The summed E-state index contributed by atoms with van der Waals surface area (Å²) >= 11 is 0. The van der Waals surface area contributed by atoms with Gasteiger partial charge in [-0.1, -0.05) is 6.07 Å². The van der Waals surface area contributed by atoms with Crippen molar-refractivity contribution in [2.45, 2.75) is 6.18 Å². The number of phenolic OH excluding ortho intramolecular Hbond substituents is 1. The van der Waals surface area contributed by atoms with E-state index >= 15 is 0 Å². The molecular weight excluding hydrogens is 229 g/mol. The largest absolute Gasteiger partial charge is 0.508 e. The Bertz CT molecular complexity index is 349. The van der Waals surface area contributed by atoms with E-state index < -0.39 is 12.1 Å². The summed E-state index contributed by atoms with van der Waals surface area (Å²) < 4.78 is 36.6.